The van der Waals surface area contributed by atoms with E-state index in [4.69, 9.17) is 4.52 Å². The summed E-state index contributed by atoms with van der Waals surface area (Å²) in [4.78, 5) is 21.2. The highest BCUT2D eigenvalue weighted by molar-refractivity contribution is 7.22. The van der Waals surface area contributed by atoms with Gasteiger partial charge in [0.05, 0.1) is 16.4 Å². The maximum Gasteiger partial charge on any atom is 0.321 e. The van der Waals surface area contributed by atoms with Gasteiger partial charge in [-0.2, -0.15) is 10.1 Å². The number of thiazole rings is 1. The number of rotatable bonds is 7. The molecule has 0 fully saturated rings. The minimum atomic E-state index is -0.316. The zero-order chi connectivity index (χ0) is 23.6. The Bertz CT molecular complexity index is 1250. The lowest BCUT2D eigenvalue weighted by molar-refractivity contribution is 0.252. The van der Waals surface area contributed by atoms with Gasteiger partial charge in [0.1, 0.15) is 0 Å². The Kier molecular flexibility index (Phi) is 6.46. The highest BCUT2D eigenvalue weighted by atomic mass is 32.1. The third-order valence-corrected chi connectivity index (χ3v) is 5.81. The van der Waals surface area contributed by atoms with Crippen molar-refractivity contribution in [3.05, 3.63) is 42.3 Å². The zero-order valence-electron chi connectivity index (χ0n) is 19.5. The van der Waals surface area contributed by atoms with Crippen LogP contribution in [0.15, 0.2) is 35.1 Å². The van der Waals surface area contributed by atoms with Crippen LogP contribution < -0.4 is 10.6 Å². The monoisotopic (exact) mass is 467 g/mol. The molecule has 4 aromatic rings. The van der Waals surface area contributed by atoms with Gasteiger partial charge < -0.3 is 9.84 Å². The van der Waals surface area contributed by atoms with Crippen molar-refractivity contribution in [3.8, 4) is 11.1 Å². The molecule has 1 aromatic carbocycles. The summed E-state index contributed by atoms with van der Waals surface area (Å²) in [6.07, 6.45) is 4.43. The van der Waals surface area contributed by atoms with Gasteiger partial charge in [-0.1, -0.05) is 57.2 Å². The van der Waals surface area contributed by atoms with E-state index >= 15 is 0 Å². The molecule has 174 valence electrons. The highest BCUT2D eigenvalue weighted by Gasteiger charge is 2.21. The molecule has 2 N–H and O–H groups in total. The van der Waals surface area contributed by atoms with Crippen molar-refractivity contribution in [2.24, 2.45) is 5.92 Å². The van der Waals surface area contributed by atoms with Crippen molar-refractivity contribution >= 4 is 32.7 Å². The maximum absolute atomic E-state index is 12.3. The number of anilines is 1. The molecule has 0 saturated carbocycles. The molecule has 2 amide bonds. The van der Waals surface area contributed by atoms with Gasteiger partial charge in [-0.15, -0.1) is 0 Å². The lowest BCUT2D eigenvalue weighted by Gasteiger charge is -2.10. The predicted molar refractivity (Wildman–Crippen MR) is 129 cm³/mol. The number of nitrogens with zero attached hydrogens (tertiary/aromatic N) is 5. The van der Waals surface area contributed by atoms with Crippen LogP contribution in [0.4, 0.5) is 9.93 Å². The van der Waals surface area contributed by atoms with Gasteiger partial charge in [0, 0.05) is 36.7 Å². The van der Waals surface area contributed by atoms with Gasteiger partial charge in [0.15, 0.2) is 11.0 Å². The number of aromatic nitrogens is 5. The first kappa shape index (κ1) is 22.9. The number of hydrogen-bond donors (Lipinski definition) is 2. The highest BCUT2D eigenvalue weighted by Crippen LogP contribution is 2.30. The summed E-state index contributed by atoms with van der Waals surface area (Å²) in [5.41, 5.74) is 2.79. The average molecular weight is 468 g/mol. The van der Waals surface area contributed by atoms with E-state index in [1.165, 1.54) is 11.3 Å². The van der Waals surface area contributed by atoms with Crippen LogP contribution in [0.1, 0.15) is 46.3 Å². The number of carbonyl (C=O) groups excluding carboxylic acids is 1. The van der Waals surface area contributed by atoms with E-state index in [1.807, 2.05) is 43.8 Å². The van der Waals surface area contributed by atoms with E-state index in [2.05, 4.69) is 57.0 Å². The fourth-order valence-electron chi connectivity index (χ4n) is 3.23. The minimum absolute atomic E-state index is 0.197. The summed E-state index contributed by atoms with van der Waals surface area (Å²) < 4.78 is 8.24. The van der Waals surface area contributed by atoms with Crippen molar-refractivity contribution in [3.63, 3.8) is 0 Å². The number of carbonyl (C=O) groups is 1. The molecule has 0 saturated heterocycles. The molecule has 0 aliphatic heterocycles. The molecular weight excluding hydrogens is 438 g/mol. The van der Waals surface area contributed by atoms with Gasteiger partial charge in [0.2, 0.25) is 5.89 Å². The maximum atomic E-state index is 12.3. The SMILES string of the molecule is CC(C)Cn1cc(-c2ccc3nc(NC(=O)NCCc4noc(C(C)(C)C)n4)sc3c2)cn1. The molecule has 3 aromatic heterocycles. The number of urea groups is 1. The van der Waals surface area contributed by atoms with Crippen LogP contribution >= 0.6 is 11.3 Å². The molecule has 4 rings (SSSR count). The van der Waals surface area contributed by atoms with Crippen LogP contribution in [0.3, 0.4) is 0 Å². The lowest BCUT2D eigenvalue weighted by Crippen LogP contribution is -2.30. The second-order valence-corrected chi connectivity index (χ2v) is 10.5. The molecule has 0 atom stereocenters. The Balaban J connectivity index is 1.34. The molecule has 0 aliphatic rings. The number of benzene rings is 1. The van der Waals surface area contributed by atoms with Crippen LogP contribution in [0.5, 0.6) is 0 Å². The lowest BCUT2D eigenvalue weighted by atomic mass is 9.97. The summed E-state index contributed by atoms with van der Waals surface area (Å²) in [6, 6.07) is 5.76. The molecule has 9 nitrogen and oxygen atoms in total. The molecule has 0 radical (unpaired) electrons. The smallest absolute Gasteiger partial charge is 0.321 e. The second-order valence-electron chi connectivity index (χ2n) is 9.44. The Hall–Kier alpha value is -3.27. The number of hydrogen-bond acceptors (Lipinski definition) is 7. The van der Waals surface area contributed by atoms with Crippen LogP contribution in [0.2, 0.25) is 0 Å². The quantitative estimate of drug-likeness (QED) is 0.401. The van der Waals surface area contributed by atoms with Crippen molar-refractivity contribution in [1.82, 2.24) is 30.2 Å². The van der Waals surface area contributed by atoms with Crippen LogP contribution in [-0.2, 0) is 18.4 Å². The Morgan fingerprint density at radius 3 is 2.76 bits per heavy atom. The van der Waals surface area contributed by atoms with Crippen molar-refractivity contribution in [2.45, 2.75) is 53.0 Å². The Labute approximate surface area is 196 Å². The first-order valence-corrected chi connectivity index (χ1v) is 11.8. The molecule has 33 heavy (non-hydrogen) atoms. The fraction of sp³-hybridized carbons (Fsp3) is 0.435. The standard InChI is InChI=1S/C23H29N7O2S/c1-14(2)12-30-13-16(11-25-30)15-6-7-17-18(10-15)33-22(26-17)28-21(31)24-9-8-19-27-20(32-29-19)23(3,4)5/h6-7,10-11,13-14H,8-9,12H2,1-5H3,(H2,24,26,28,31). The third-order valence-electron chi connectivity index (χ3n) is 4.87. The van der Waals surface area contributed by atoms with E-state index < -0.39 is 0 Å². The third kappa shape index (κ3) is 5.75. The predicted octanol–water partition coefficient (Wildman–Crippen LogP) is 4.86. The molecule has 3 heterocycles. The normalized spacial score (nSPS) is 11.9. The number of fused-ring (bicyclic) bond motifs is 1. The van der Waals surface area contributed by atoms with E-state index in [-0.39, 0.29) is 11.4 Å². The van der Waals surface area contributed by atoms with Crippen LogP contribution in [0, 0.1) is 5.92 Å². The number of nitrogens with one attached hydrogen (secondary N) is 2. The van der Waals surface area contributed by atoms with Gasteiger partial charge in [-0.05, 0) is 23.6 Å². The van der Waals surface area contributed by atoms with E-state index in [0.29, 0.717) is 35.7 Å². The second kappa shape index (κ2) is 9.30. The first-order chi connectivity index (χ1) is 15.7. The minimum Gasteiger partial charge on any atom is -0.339 e. The van der Waals surface area contributed by atoms with Gasteiger partial charge in [-0.3, -0.25) is 10.00 Å². The molecule has 10 heteroatoms. The van der Waals surface area contributed by atoms with Crippen LogP contribution in [0.25, 0.3) is 21.3 Å². The summed E-state index contributed by atoms with van der Waals surface area (Å²) in [5.74, 6) is 1.70. The Morgan fingerprint density at radius 2 is 2.03 bits per heavy atom. The largest absolute Gasteiger partial charge is 0.339 e. The van der Waals surface area contributed by atoms with Gasteiger partial charge in [-0.25, -0.2) is 9.78 Å². The molecule has 0 spiro atoms. The average Bonchev–Trinajstić information content (AvgIpc) is 3.45. The molecule has 0 bridgehead atoms. The molecule has 0 unspecified atom stereocenters. The van der Waals surface area contributed by atoms with E-state index in [0.717, 1.165) is 27.9 Å². The fourth-order valence-corrected chi connectivity index (χ4v) is 4.13. The van der Waals surface area contributed by atoms with Crippen LogP contribution in [-0.4, -0.2) is 37.5 Å². The van der Waals surface area contributed by atoms with Crippen molar-refractivity contribution in [2.75, 3.05) is 11.9 Å². The first-order valence-electron chi connectivity index (χ1n) is 11.0. The summed E-state index contributed by atoms with van der Waals surface area (Å²) in [6.45, 7) is 11.7. The Morgan fingerprint density at radius 1 is 1.21 bits per heavy atom. The summed E-state index contributed by atoms with van der Waals surface area (Å²) >= 11 is 1.44. The summed E-state index contributed by atoms with van der Waals surface area (Å²) in [7, 11) is 0. The van der Waals surface area contributed by atoms with Gasteiger partial charge >= 0.3 is 6.03 Å². The zero-order valence-corrected chi connectivity index (χ0v) is 20.4. The van der Waals surface area contributed by atoms with Crippen molar-refractivity contribution in [1.29, 1.82) is 0 Å². The number of amides is 2. The molecular formula is C23H29N7O2S. The van der Waals surface area contributed by atoms with Gasteiger partial charge in [0.25, 0.3) is 0 Å². The molecule has 0 aliphatic carbocycles. The van der Waals surface area contributed by atoms with E-state index in [9.17, 15) is 4.79 Å². The topological polar surface area (TPSA) is 111 Å². The van der Waals surface area contributed by atoms with E-state index in [1.54, 1.807) is 0 Å². The summed E-state index contributed by atoms with van der Waals surface area (Å²) in [5, 5.41) is 14.6. The van der Waals surface area contributed by atoms with Crippen molar-refractivity contribution < 1.29 is 9.32 Å².